The molecule has 7 nitrogen and oxygen atoms in total. The van der Waals surface area contributed by atoms with E-state index in [0.29, 0.717) is 37.3 Å². The highest BCUT2D eigenvalue weighted by Gasteiger charge is 2.51. The van der Waals surface area contributed by atoms with Crippen LogP contribution in [0.2, 0.25) is 0 Å². The van der Waals surface area contributed by atoms with Gasteiger partial charge in [-0.1, -0.05) is 18.2 Å². The van der Waals surface area contributed by atoms with Crippen LogP contribution in [0.25, 0.3) is 11.0 Å². The van der Waals surface area contributed by atoms with Crippen LogP contribution in [-0.2, 0) is 15.0 Å². The summed E-state index contributed by atoms with van der Waals surface area (Å²) in [6.45, 7) is 2.70. The van der Waals surface area contributed by atoms with Crippen LogP contribution >= 0.6 is 0 Å². The van der Waals surface area contributed by atoms with Crippen molar-refractivity contribution in [3.05, 3.63) is 70.6 Å². The summed E-state index contributed by atoms with van der Waals surface area (Å²) in [5.74, 6) is 0.442. The molecule has 3 aromatic rings. The molecule has 1 saturated heterocycles. The van der Waals surface area contributed by atoms with Crippen molar-refractivity contribution in [1.29, 1.82) is 0 Å². The van der Waals surface area contributed by atoms with E-state index in [9.17, 15) is 14.4 Å². The van der Waals surface area contributed by atoms with Crippen molar-refractivity contribution >= 4 is 28.5 Å². The molecular formula is C25H24N2O5. The van der Waals surface area contributed by atoms with Crippen LogP contribution in [0.15, 0.2) is 63.8 Å². The number of nitrogens with zero attached hydrogens (tertiary/aromatic N) is 2. The zero-order chi connectivity index (χ0) is 22.5. The summed E-state index contributed by atoms with van der Waals surface area (Å²) >= 11 is 0. The molecule has 2 aliphatic heterocycles. The molecule has 2 amide bonds. The van der Waals surface area contributed by atoms with Crippen LogP contribution in [0.1, 0.15) is 25.3 Å². The molecule has 1 unspecified atom stereocenters. The molecular weight excluding hydrogens is 408 g/mol. The number of carbonyl (C=O) groups is 2. The van der Waals surface area contributed by atoms with Gasteiger partial charge in [0.1, 0.15) is 11.3 Å². The molecule has 2 aliphatic rings. The number of piperidine rings is 1. The Labute approximate surface area is 185 Å². The third-order valence-corrected chi connectivity index (χ3v) is 6.68. The van der Waals surface area contributed by atoms with Crippen molar-refractivity contribution in [3.63, 3.8) is 0 Å². The Morgan fingerprint density at radius 2 is 1.78 bits per heavy atom. The minimum atomic E-state index is -0.703. The number of amides is 2. The topological polar surface area (TPSA) is 80.1 Å². The molecule has 164 valence electrons. The molecule has 1 fully saturated rings. The Bertz CT molecular complexity index is 1270. The second kappa shape index (κ2) is 7.51. The van der Waals surface area contributed by atoms with Crippen LogP contribution in [0, 0.1) is 0 Å². The van der Waals surface area contributed by atoms with E-state index in [1.54, 1.807) is 41.0 Å². The fourth-order valence-corrected chi connectivity index (χ4v) is 4.93. The first-order chi connectivity index (χ1) is 15.4. The lowest BCUT2D eigenvalue weighted by Gasteiger charge is -2.39. The predicted molar refractivity (Wildman–Crippen MR) is 120 cm³/mol. The molecule has 1 spiro atoms. The van der Waals surface area contributed by atoms with Gasteiger partial charge in [-0.25, -0.2) is 4.79 Å². The van der Waals surface area contributed by atoms with E-state index in [-0.39, 0.29) is 11.8 Å². The number of para-hydroxylation sites is 1. The second-order valence-corrected chi connectivity index (χ2v) is 8.50. The maximum Gasteiger partial charge on any atom is 0.336 e. The number of likely N-dealkylation sites (tertiary alicyclic amines) is 1. The lowest BCUT2D eigenvalue weighted by atomic mass is 9.73. The lowest BCUT2D eigenvalue weighted by molar-refractivity contribution is -0.141. The van der Waals surface area contributed by atoms with E-state index < -0.39 is 17.1 Å². The molecule has 0 N–H and O–H groups in total. The largest absolute Gasteiger partial charge is 0.481 e. The Balaban J connectivity index is 1.29. The summed E-state index contributed by atoms with van der Waals surface area (Å²) in [6, 6.07) is 16.1. The van der Waals surface area contributed by atoms with Gasteiger partial charge in [0.15, 0.2) is 6.10 Å². The minimum Gasteiger partial charge on any atom is -0.481 e. The van der Waals surface area contributed by atoms with E-state index in [4.69, 9.17) is 9.15 Å². The van der Waals surface area contributed by atoms with Crippen LogP contribution in [0.3, 0.4) is 0 Å². The molecule has 2 aromatic carbocycles. The molecule has 0 aliphatic carbocycles. The number of hydrogen-bond donors (Lipinski definition) is 0. The Morgan fingerprint density at radius 1 is 1.06 bits per heavy atom. The van der Waals surface area contributed by atoms with E-state index in [2.05, 4.69) is 0 Å². The van der Waals surface area contributed by atoms with E-state index in [1.165, 1.54) is 6.07 Å². The monoisotopic (exact) mass is 432 g/mol. The van der Waals surface area contributed by atoms with Crippen molar-refractivity contribution in [3.8, 4) is 5.75 Å². The molecule has 0 saturated carbocycles. The van der Waals surface area contributed by atoms with Gasteiger partial charge in [0.25, 0.3) is 5.91 Å². The predicted octanol–water partition coefficient (Wildman–Crippen LogP) is 3.10. The van der Waals surface area contributed by atoms with Gasteiger partial charge in [0.05, 0.1) is 5.41 Å². The average Bonchev–Trinajstić information content (AvgIpc) is 3.01. The van der Waals surface area contributed by atoms with Crippen LogP contribution in [0.5, 0.6) is 5.75 Å². The summed E-state index contributed by atoms with van der Waals surface area (Å²) in [4.78, 5) is 41.1. The van der Waals surface area contributed by atoms with Crippen LogP contribution < -0.4 is 15.3 Å². The Kier molecular flexibility index (Phi) is 4.77. The van der Waals surface area contributed by atoms with Gasteiger partial charge < -0.3 is 19.0 Å². The van der Waals surface area contributed by atoms with Gasteiger partial charge in [-0.2, -0.15) is 0 Å². The van der Waals surface area contributed by atoms with Gasteiger partial charge >= 0.3 is 5.63 Å². The van der Waals surface area contributed by atoms with Crippen molar-refractivity contribution in [2.45, 2.75) is 31.3 Å². The molecule has 0 radical (unpaired) electrons. The summed E-state index contributed by atoms with van der Waals surface area (Å²) in [7, 11) is 1.81. The maximum absolute atomic E-state index is 13.1. The van der Waals surface area contributed by atoms with Crippen molar-refractivity contribution < 1.29 is 18.7 Å². The molecule has 5 rings (SSSR count). The van der Waals surface area contributed by atoms with E-state index in [0.717, 1.165) is 16.6 Å². The second-order valence-electron chi connectivity index (χ2n) is 8.50. The molecule has 7 heteroatoms. The summed E-state index contributed by atoms with van der Waals surface area (Å²) in [6.07, 6.45) is 0.477. The Morgan fingerprint density at radius 3 is 2.56 bits per heavy atom. The maximum atomic E-state index is 13.1. The normalized spacial score (nSPS) is 18.1. The SMILES string of the molecule is CC(Oc1ccc2ccc(=O)oc2c1)C(=O)N1CCC2(CC1)C(=O)N(C)c1ccccc12. The summed E-state index contributed by atoms with van der Waals surface area (Å²) in [5.41, 5.74) is 1.44. The number of anilines is 1. The number of ether oxygens (including phenoxy) is 1. The van der Waals surface area contributed by atoms with Crippen molar-refractivity contribution in [2.24, 2.45) is 0 Å². The van der Waals surface area contributed by atoms with Crippen molar-refractivity contribution in [1.82, 2.24) is 4.90 Å². The van der Waals surface area contributed by atoms with Crippen LogP contribution in [0.4, 0.5) is 5.69 Å². The summed E-state index contributed by atoms with van der Waals surface area (Å²) in [5, 5.41) is 0.781. The summed E-state index contributed by atoms with van der Waals surface area (Å²) < 4.78 is 11.1. The first-order valence-corrected chi connectivity index (χ1v) is 10.8. The molecule has 1 atom stereocenters. The molecule has 3 heterocycles. The van der Waals surface area contributed by atoms with E-state index >= 15 is 0 Å². The zero-order valence-corrected chi connectivity index (χ0v) is 18.0. The first kappa shape index (κ1) is 20.3. The number of likely N-dealkylation sites (N-methyl/N-ethyl adjacent to an activating group) is 1. The van der Waals surface area contributed by atoms with Gasteiger partial charge in [-0.05, 0) is 49.6 Å². The minimum absolute atomic E-state index is 0.104. The fraction of sp³-hybridized carbons (Fsp3) is 0.320. The van der Waals surface area contributed by atoms with Gasteiger partial charge in [-0.3, -0.25) is 9.59 Å². The fourth-order valence-electron chi connectivity index (χ4n) is 4.93. The first-order valence-electron chi connectivity index (χ1n) is 10.8. The van der Waals surface area contributed by atoms with Gasteiger partial charge in [0.2, 0.25) is 5.91 Å². The number of benzene rings is 2. The average molecular weight is 432 g/mol. The number of carbonyl (C=O) groups excluding carboxylic acids is 2. The number of rotatable bonds is 3. The lowest BCUT2D eigenvalue weighted by Crippen LogP contribution is -2.51. The quantitative estimate of drug-likeness (QED) is 0.594. The molecule has 1 aromatic heterocycles. The Hall–Kier alpha value is -3.61. The van der Waals surface area contributed by atoms with Gasteiger partial charge in [-0.15, -0.1) is 0 Å². The van der Waals surface area contributed by atoms with Gasteiger partial charge in [0, 0.05) is 43.3 Å². The third kappa shape index (κ3) is 3.16. The zero-order valence-electron chi connectivity index (χ0n) is 18.0. The number of fused-ring (bicyclic) bond motifs is 3. The third-order valence-electron chi connectivity index (χ3n) is 6.68. The highest BCUT2D eigenvalue weighted by Crippen LogP contribution is 2.47. The number of hydrogen-bond acceptors (Lipinski definition) is 5. The molecule has 32 heavy (non-hydrogen) atoms. The standard InChI is InChI=1S/C25H24N2O5/c1-16(31-18-9-7-17-8-10-22(28)32-21(17)15-18)23(29)27-13-11-25(12-14-27)19-5-3-4-6-20(19)26(2)24(25)30/h3-10,15-16H,11-14H2,1-2H3. The smallest absolute Gasteiger partial charge is 0.336 e. The molecule has 0 bridgehead atoms. The van der Waals surface area contributed by atoms with E-state index in [1.807, 2.05) is 31.3 Å². The highest BCUT2D eigenvalue weighted by atomic mass is 16.5. The van der Waals surface area contributed by atoms with Crippen LogP contribution in [-0.4, -0.2) is 43.0 Å². The van der Waals surface area contributed by atoms with Crippen molar-refractivity contribution in [2.75, 3.05) is 25.0 Å². The highest BCUT2D eigenvalue weighted by molar-refractivity contribution is 6.08.